The van der Waals surface area contributed by atoms with Gasteiger partial charge in [-0.15, -0.1) is 0 Å². The number of hydrogen-bond donors (Lipinski definition) is 2. The number of fused-ring (bicyclic) bond motifs is 1. The lowest BCUT2D eigenvalue weighted by atomic mass is 9.86. The third-order valence-corrected chi connectivity index (χ3v) is 4.75. The fraction of sp³-hybridized carbons (Fsp3) is 0.250. The Bertz CT molecular complexity index is 993. The van der Waals surface area contributed by atoms with Gasteiger partial charge in [-0.1, -0.05) is 81.4 Å². The van der Waals surface area contributed by atoms with Crippen LogP contribution in [-0.2, 0) is 10.2 Å². The zero-order chi connectivity index (χ0) is 20.1. The first-order valence-electron chi connectivity index (χ1n) is 9.50. The van der Waals surface area contributed by atoms with E-state index in [-0.39, 0.29) is 17.9 Å². The quantitative estimate of drug-likeness (QED) is 0.483. The molecule has 28 heavy (non-hydrogen) atoms. The molecule has 4 heteroatoms. The number of carbonyl (C=O) groups is 1. The maximum Gasteiger partial charge on any atom is 0.259 e. The van der Waals surface area contributed by atoms with Crippen molar-refractivity contribution >= 4 is 28.1 Å². The van der Waals surface area contributed by atoms with Crippen LogP contribution < -0.4 is 10.7 Å². The van der Waals surface area contributed by atoms with Gasteiger partial charge in [0, 0.05) is 11.1 Å². The van der Waals surface area contributed by atoms with E-state index < -0.39 is 0 Å². The Balaban J connectivity index is 1.60. The highest BCUT2D eigenvalue weighted by Gasteiger charge is 2.13. The zero-order valence-corrected chi connectivity index (χ0v) is 16.9. The van der Waals surface area contributed by atoms with Gasteiger partial charge in [0.1, 0.15) is 0 Å². The van der Waals surface area contributed by atoms with E-state index in [0.29, 0.717) is 0 Å². The molecular formula is C24H27N3O. The fourth-order valence-corrected chi connectivity index (χ4v) is 3.02. The van der Waals surface area contributed by atoms with Crippen molar-refractivity contribution in [2.45, 2.75) is 33.1 Å². The number of amides is 1. The zero-order valence-electron chi connectivity index (χ0n) is 16.9. The lowest BCUT2D eigenvalue weighted by Crippen LogP contribution is -2.26. The molecule has 144 valence electrons. The van der Waals surface area contributed by atoms with E-state index in [1.54, 1.807) is 0 Å². The van der Waals surface area contributed by atoms with Crippen LogP contribution in [0.4, 0.5) is 5.69 Å². The van der Waals surface area contributed by atoms with Crippen molar-refractivity contribution in [3.8, 4) is 0 Å². The summed E-state index contributed by atoms with van der Waals surface area (Å²) in [5.41, 5.74) is 6.73. The maximum absolute atomic E-state index is 12.2. The van der Waals surface area contributed by atoms with Gasteiger partial charge < -0.3 is 5.32 Å². The van der Waals surface area contributed by atoms with Gasteiger partial charge in [-0.25, -0.2) is 5.43 Å². The summed E-state index contributed by atoms with van der Waals surface area (Å²) >= 11 is 0. The first kappa shape index (κ1) is 19.6. The largest absolute Gasteiger partial charge is 0.376 e. The van der Waals surface area contributed by atoms with Crippen LogP contribution in [0.3, 0.4) is 0 Å². The summed E-state index contributed by atoms with van der Waals surface area (Å²) in [6, 6.07) is 22.4. The molecule has 3 aromatic rings. The van der Waals surface area contributed by atoms with E-state index in [1.807, 2.05) is 49.4 Å². The average molecular weight is 374 g/mol. The van der Waals surface area contributed by atoms with Crippen LogP contribution in [0, 0.1) is 0 Å². The first-order chi connectivity index (χ1) is 13.3. The van der Waals surface area contributed by atoms with Gasteiger partial charge in [0.25, 0.3) is 5.91 Å². The number of hydrazone groups is 1. The van der Waals surface area contributed by atoms with Crippen LogP contribution >= 0.6 is 0 Å². The summed E-state index contributed by atoms with van der Waals surface area (Å²) in [7, 11) is 0. The summed E-state index contributed by atoms with van der Waals surface area (Å²) in [5.74, 6) is -0.182. The van der Waals surface area contributed by atoms with E-state index in [9.17, 15) is 4.79 Å². The summed E-state index contributed by atoms with van der Waals surface area (Å²) < 4.78 is 0. The SMILES string of the molecule is CC(=NNC(=O)CNc1cccc2ccccc12)c1ccc(C(C)(C)C)cc1. The number of anilines is 1. The summed E-state index contributed by atoms with van der Waals surface area (Å²) in [6.45, 7) is 8.61. The number of nitrogens with one attached hydrogen (secondary N) is 2. The molecular weight excluding hydrogens is 346 g/mol. The van der Waals surface area contributed by atoms with Crippen LogP contribution in [-0.4, -0.2) is 18.2 Å². The molecule has 0 atom stereocenters. The number of carbonyl (C=O) groups excluding carboxylic acids is 1. The third-order valence-electron chi connectivity index (χ3n) is 4.75. The van der Waals surface area contributed by atoms with Crippen molar-refractivity contribution in [1.29, 1.82) is 0 Å². The van der Waals surface area contributed by atoms with Crippen molar-refractivity contribution in [3.05, 3.63) is 77.9 Å². The highest BCUT2D eigenvalue weighted by atomic mass is 16.2. The molecule has 0 aliphatic rings. The van der Waals surface area contributed by atoms with Gasteiger partial charge in [0.05, 0.1) is 12.3 Å². The van der Waals surface area contributed by atoms with Crippen molar-refractivity contribution in [2.75, 3.05) is 11.9 Å². The summed E-state index contributed by atoms with van der Waals surface area (Å²) in [4.78, 5) is 12.2. The van der Waals surface area contributed by atoms with Crippen molar-refractivity contribution in [3.63, 3.8) is 0 Å². The average Bonchev–Trinajstić information content (AvgIpc) is 2.69. The molecule has 0 radical (unpaired) electrons. The molecule has 0 saturated carbocycles. The van der Waals surface area contributed by atoms with Gasteiger partial charge in [0.2, 0.25) is 0 Å². The molecule has 0 bridgehead atoms. The monoisotopic (exact) mass is 373 g/mol. The second-order valence-corrected chi connectivity index (χ2v) is 7.94. The molecule has 3 rings (SSSR count). The van der Waals surface area contributed by atoms with Crippen molar-refractivity contribution in [2.24, 2.45) is 5.10 Å². The topological polar surface area (TPSA) is 53.5 Å². The smallest absolute Gasteiger partial charge is 0.259 e. The highest BCUT2D eigenvalue weighted by Crippen LogP contribution is 2.23. The Morgan fingerprint density at radius 1 is 0.929 bits per heavy atom. The predicted molar refractivity (Wildman–Crippen MR) is 118 cm³/mol. The highest BCUT2D eigenvalue weighted by molar-refractivity contribution is 5.99. The standard InChI is InChI=1S/C24H27N3O/c1-17(18-12-14-20(15-13-18)24(2,3)4)26-27-23(28)16-25-22-11-7-9-19-8-5-6-10-21(19)22/h5-15,25H,16H2,1-4H3,(H,27,28). The molecule has 0 heterocycles. The van der Waals surface area contributed by atoms with Crippen LogP contribution in [0.15, 0.2) is 71.8 Å². The second-order valence-electron chi connectivity index (χ2n) is 7.94. The van der Waals surface area contributed by atoms with Gasteiger partial charge in [-0.2, -0.15) is 5.10 Å². The van der Waals surface area contributed by atoms with Gasteiger partial charge >= 0.3 is 0 Å². The van der Waals surface area contributed by atoms with Gasteiger partial charge in [-0.05, 0) is 34.9 Å². The van der Waals surface area contributed by atoms with Crippen LogP contribution in [0.5, 0.6) is 0 Å². The lowest BCUT2D eigenvalue weighted by Gasteiger charge is -2.19. The van der Waals surface area contributed by atoms with E-state index in [4.69, 9.17) is 0 Å². The Hall–Kier alpha value is -3.14. The van der Waals surface area contributed by atoms with E-state index in [1.165, 1.54) is 5.56 Å². The van der Waals surface area contributed by atoms with Gasteiger partial charge in [-0.3, -0.25) is 4.79 Å². The van der Waals surface area contributed by atoms with Gasteiger partial charge in [0.15, 0.2) is 0 Å². The Kier molecular flexibility index (Phi) is 5.78. The number of nitrogens with zero attached hydrogens (tertiary/aromatic N) is 1. The minimum atomic E-state index is -0.182. The maximum atomic E-state index is 12.2. The molecule has 0 spiro atoms. The number of hydrogen-bond acceptors (Lipinski definition) is 3. The van der Waals surface area contributed by atoms with E-state index in [2.05, 4.69) is 60.9 Å². The van der Waals surface area contributed by atoms with Crippen LogP contribution in [0.25, 0.3) is 10.8 Å². The lowest BCUT2D eigenvalue weighted by molar-refractivity contribution is -0.119. The molecule has 2 N–H and O–H groups in total. The van der Waals surface area contributed by atoms with Crippen LogP contribution in [0.2, 0.25) is 0 Å². The number of rotatable bonds is 5. The summed E-state index contributed by atoms with van der Waals surface area (Å²) in [5, 5.41) is 9.66. The number of benzene rings is 3. The van der Waals surface area contributed by atoms with Crippen LogP contribution in [0.1, 0.15) is 38.8 Å². The molecule has 0 unspecified atom stereocenters. The minimum absolute atomic E-state index is 0.116. The molecule has 1 amide bonds. The van der Waals surface area contributed by atoms with E-state index >= 15 is 0 Å². The predicted octanol–water partition coefficient (Wildman–Crippen LogP) is 5.09. The Morgan fingerprint density at radius 3 is 2.32 bits per heavy atom. The third kappa shape index (κ3) is 4.77. The molecule has 0 aliphatic carbocycles. The first-order valence-corrected chi connectivity index (χ1v) is 9.50. The molecule has 0 saturated heterocycles. The normalized spacial score (nSPS) is 12.1. The van der Waals surface area contributed by atoms with E-state index in [0.717, 1.165) is 27.7 Å². The molecule has 3 aromatic carbocycles. The molecule has 0 fully saturated rings. The Morgan fingerprint density at radius 2 is 1.61 bits per heavy atom. The van der Waals surface area contributed by atoms with Crippen molar-refractivity contribution in [1.82, 2.24) is 5.43 Å². The summed E-state index contributed by atoms with van der Waals surface area (Å²) in [6.07, 6.45) is 0. The minimum Gasteiger partial charge on any atom is -0.376 e. The van der Waals surface area contributed by atoms with Crippen molar-refractivity contribution < 1.29 is 4.79 Å². The second kappa shape index (κ2) is 8.26. The molecule has 0 aliphatic heterocycles. The Labute approximate surface area is 166 Å². The fourth-order valence-electron chi connectivity index (χ4n) is 3.02. The molecule has 0 aromatic heterocycles. The molecule has 4 nitrogen and oxygen atoms in total.